The third-order valence-corrected chi connectivity index (χ3v) is 4.42. The van der Waals surface area contributed by atoms with Crippen molar-refractivity contribution in [3.05, 3.63) is 59.2 Å². The highest BCUT2D eigenvalue weighted by Gasteiger charge is 2.13. The summed E-state index contributed by atoms with van der Waals surface area (Å²) in [5, 5.41) is 3.50. The molecule has 0 bridgehead atoms. The fourth-order valence-electron chi connectivity index (χ4n) is 2.84. The Morgan fingerprint density at radius 3 is 2.30 bits per heavy atom. The van der Waals surface area contributed by atoms with E-state index in [4.69, 9.17) is 14.2 Å². The second-order valence-electron chi connectivity index (χ2n) is 7.54. The highest BCUT2D eigenvalue weighted by atomic mass is 16.5. The van der Waals surface area contributed by atoms with Crippen molar-refractivity contribution in [2.45, 2.75) is 46.2 Å². The van der Waals surface area contributed by atoms with Gasteiger partial charge in [-0.3, -0.25) is 0 Å². The summed E-state index contributed by atoms with van der Waals surface area (Å²) in [4.78, 5) is 0. The Bertz CT molecular complexity index is 690. The average molecular weight is 372 g/mol. The normalized spacial score (nSPS) is 11.4. The maximum absolute atomic E-state index is 5.93. The molecule has 1 N–H and O–H groups in total. The largest absolute Gasteiger partial charge is 0.493 e. The number of ether oxygens (including phenoxy) is 3. The monoisotopic (exact) mass is 371 g/mol. The Morgan fingerprint density at radius 2 is 1.67 bits per heavy atom. The van der Waals surface area contributed by atoms with Gasteiger partial charge in [-0.25, -0.2) is 0 Å². The summed E-state index contributed by atoms with van der Waals surface area (Å²) in [6, 6.07) is 14.8. The van der Waals surface area contributed by atoms with Gasteiger partial charge >= 0.3 is 0 Å². The molecule has 148 valence electrons. The zero-order chi connectivity index (χ0) is 19.7. The Hall–Kier alpha value is -2.04. The maximum atomic E-state index is 5.93. The molecule has 27 heavy (non-hydrogen) atoms. The van der Waals surface area contributed by atoms with E-state index in [1.807, 2.05) is 19.1 Å². The number of methoxy groups -OCH3 is 1. The van der Waals surface area contributed by atoms with E-state index in [1.165, 1.54) is 11.1 Å². The van der Waals surface area contributed by atoms with Crippen molar-refractivity contribution in [1.82, 2.24) is 5.32 Å². The molecule has 0 fully saturated rings. The van der Waals surface area contributed by atoms with E-state index in [1.54, 1.807) is 7.11 Å². The first kappa shape index (κ1) is 21.3. The van der Waals surface area contributed by atoms with Gasteiger partial charge in [0, 0.05) is 25.3 Å². The van der Waals surface area contributed by atoms with Gasteiger partial charge in [-0.15, -0.1) is 0 Å². The molecular weight excluding hydrogens is 338 g/mol. The standard InChI is InChI=1S/C23H33NO3/c1-6-26-14-15-27-22-19(8-7-9-21(22)25-5)17-24-16-18-10-12-20(13-11-18)23(2,3)4/h7-13,24H,6,14-17H2,1-5H3. The van der Waals surface area contributed by atoms with E-state index >= 15 is 0 Å². The van der Waals surface area contributed by atoms with Crippen LogP contribution in [-0.4, -0.2) is 26.9 Å². The fraction of sp³-hybridized carbons (Fsp3) is 0.478. The molecule has 0 aromatic heterocycles. The molecule has 4 heteroatoms. The van der Waals surface area contributed by atoms with Gasteiger partial charge in [-0.1, -0.05) is 57.2 Å². The van der Waals surface area contributed by atoms with Gasteiger partial charge in [-0.05, 0) is 29.5 Å². The number of nitrogens with one attached hydrogen (secondary N) is 1. The first-order valence-electron chi connectivity index (χ1n) is 9.62. The average Bonchev–Trinajstić information content (AvgIpc) is 2.65. The van der Waals surface area contributed by atoms with Crippen LogP contribution in [0.5, 0.6) is 11.5 Å². The van der Waals surface area contributed by atoms with Crippen molar-refractivity contribution in [3.63, 3.8) is 0 Å². The van der Waals surface area contributed by atoms with E-state index < -0.39 is 0 Å². The van der Waals surface area contributed by atoms with E-state index in [-0.39, 0.29) is 5.41 Å². The lowest BCUT2D eigenvalue weighted by Gasteiger charge is -2.19. The first-order chi connectivity index (χ1) is 13.0. The number of hydrogen-bond donors (Lipinski definition) is 1. The molecule has 0 saturated carbocycles. The van der Waals surface area contributed by atoms with Crippen LogP contribution in [0.3, 0.4) is 0 Å². The van der Waals surface area contributed by atoms with Crippen LogP contribution in [0, 0.1) is 0 Å². The van der Waals surface area contributed by atoms with Gasteiger partial charge < -0.3 is 19.5 Å². The summed E-state index contributed by atoms with van der Waals surface area (Å²) < 4.78 is 16.7. The second-order valence-corrected chi connectivity index (χ2v) is 7.54. The van der Waals surface area contributed by atoms with Crippen LogP contribution >= 0.6 is 0 Å². The van der Waals surface area contributed by atoms with Crippen LogP contribution in [0.15, 0.2) is 42.5 Å². The number of benzene rings is 2. The number of hydrogen-bond acceptors (Lipinski definition) is 4. The van der Waals surface area contributed by atoms with Gasteiger partial charge in [0.2, 0.25) is 0 Å². The molecule has 2 aromatic rings. The molecular formula is C23H33NO3. The third kappa shape index (κ3) is 6.56. The highest BCUT2D eigenvalue weighted by Crippen LogP contribution is 2.31. The van der Waals surface area contributed by atoms with Gasteiger partial charge in [0.1, 0.15) is 6.61 Å². The fourth-order valence-corrected chi connectivity index (χ4v) is 2.84. The molecule has 0 radical (unpaired) electrons. The zero-order valence-electron chi connectivity index (χ0n) is 17.3. The smallest absolute Gasteiger partial charge is 0.165 e. The minimum atomic E-state index is 0.181. The molecule has 0 aliphatic rings. The molecule has 0 atom stereocenters. The van der Waals surface area contributed by atoms with E-state index in [2.05, 4.69) is 56.4 Å². The van der Waals surface area contributed by atoms with E-state index in [0.29, 0.717) is 26.4 Å². The lowest BCUT2D eigenvalue weighted by Crippen LogP contribution is -2.15. The predicted octanol–water partition coefficient (Wildman–Crippen LogP) is 4.70. The molecule has 0 unspecified atom stereocenters. The third-order valence-electron chi connectivity index (χ3n) is 4.42. The van der Waals surface area contributed by atoms with Crippen molar-refractivity contribution in [2.24, 2.45) is 0 Å². The minimum absolute atomic E-state index is 0.181. The van der Waals surface area contributed by atoms with Crippen LogP contribution < -0.4 is 14.8 Å². The van der Waals surface area contributed by atoms with Crippen LogP contribution in [0.4, 0.5) is 0 Å². The van der Waals surface area contributed by atoms with Crippen molar-refractivity contribution in [2.75, 3.05) is 26.9 Å². The molecule has 0 heterocycles. The van der Waals surface area contributed by atoms with E-state index in [0.717, 1.165) is 23.6 Å². The molecule has 0 aliphatic heterocycles. The molecule has 0 spiro atoms. The van der Waals surface area contributed by atoms with Crippen molar-refractivity contribution >= 4 is 0 Å². The SMILES string of the molecule is CCOCCOc1c(CNCc2ccc(C(C)(C)C)cc2)cccc1OC. The Balaban J connectivity index is 1.96. The Labute approximate surface area is 163 Å². The molecule has 4 nitrogen and oxygen atoms in total. The Morgan fingerprint density at radius 1 is 0.926 bits per heavy atom. The molecule has 0 amide bonds. The summed E-state index contributed by atoms with van der Waals surface area (Å²) in [6.45, 7) is 12.0. The first-order valence-corrected chi connectivity index (χ1v) is 9.62. The van der Waals surface area contributed by atoms with Gasteiger partial charge in [-0.2, -0.15) is 0 Å². The quantitative estimate of drug-likeness (QED) is 0.615. The molecule has 2 aromatic carbocycles. The van der Waals surface area contributed by atoms with Crippen LogP contribution in [0.1, 0.15) is 44.4 Å². The summed E-state index contributed by atoms with van der Waals surface area (Å²) >= 11 is 0. The van der Waals surface area contributed by atoms with Crippen LogP contribution in [0.2, 0.25) is 0 Å². The topological polar surface area (TPSA) is 39.7 Å². The van der Waals surface area contributed by atoms with Gasteiger partial charge in [0.15, 0.2) is 11.5 Å². The Kier molecular flexibility index (Phi) is 8.14. The predicted molar refractivity (Wildman–Crippen MR) is 111 cm³/mol. The van der Waals surface area contributed by atoms with Gasteiger partial charge in [0.05, 0.1) is 13.7 Å². The van der Waals surface area contributed by atoms with Gasteiger partial charge in [0.25, 0.3) is 0 Å². The second kappa shape index (κ2) is 10.3. The lowest BCUT2D eigenvalue weighted by atomic mass is 9.87. The van der Waals surface area contributed by atoms with Crippen molar-refractivity contribution in [1.29, 1.82) is 0 Å². The molecule has 2 rings (SSSR count). The molecule has 0 aliphatic carbocycles. The zero-order valence-corrected chi connectivity index (χ0v) is 17.3. The maximum Gasteiger partial charge on any atom is 0.165 e. The van der Waals surface area contributed by atoms with Crippen molar-refractivity contribution < 1.29 is 14.2 Å². The van der Waals surface area contributed by atoms with Crippen LogP contribution in [0.25, 0.3) is 0 Å². The number of rotatable bonds is 10. The summed E-state index contributed by atoms with van der Waals surface area (Å²) in [5.74, 6) is 1.54. The lowest BCUT2D eigenvalue weighted by molar-refractivity contribution is 0.108. The summed E-state index contributed by atoms with van der Waals surface area (Å²) in [5.41, 5.74) is 3.88. The van der Waals surface area contributed by atoms with E-state index in [9.17, 15) is 0 Å². The molecule has 0 saturated heterocycles. The minimum Gasteiger partial charge on any atom is -0.493 e. The summed E-state index contributed by atoms with van der Waals surface area (Å²) in [7, 11) is 1.67. The number of para-hydroxylation sites is 1. The van der Waals surface area contributed by atoms with Crippen LogP contribution in [-0.2, 0) is 23.2 Å². The van der Waals surface area contributed by atoms with Crippen molar-refractivity contribution in [3.8, 4) is 11.5 Å². The highest BCUT2D eigenvalue weighted by molar-refractivity contribution is 5.46. The summed E-state index contributed by atoms with van der Waals surface area (Å²) in [6.07, 6.45) is 0.